The van der Waals surface area contributed by atoms with Gasteiger partial charge in [0.25, 0.3) is 5.89 Å². The first kappa shape index (κ1) is 17.7. The lowest BCUT2D eigenvalue weighted by atomic mass is 10.2. The number of rotatable bonds is 6. The van der Waals surface area contributed by atoms with Crippen molar-refractivity contribution in [1.29, 1.82) is 0 Å². The highest BCUT2D eigenvalue weighted by Crippen LogP contribution is 2.23. The highest BCUT2D eigenvalue weighted by Gasteiger charge is 2.17. The van der Waals surface area contributed by atoms with Crippen LogP contribution in [0.25, 0.3) is 23.2 Å². The Morgan fingerprint density at radius 3 is 2.93 bits per heavy atom. The normalized spacial score (nSPS) is 11.7. The van der Waals surface area contributed by atoms with E-state index in [1.165, 1.54) is 6.08 Å². The fraction of sp³-hybridized carbons (Fsp3) is 0.211. The summed E-state index contributed by atoms with van der Waals surface area (Å²) in [5.74, 6) is 2.11. The summed E-state index contributed by atoms with van der Waals surface area (Å²) >= 11 is 0. The first-order valence-electron chi connectivity index (χ1n) is 8.78. The Kier molecular flexibility index (Phi) is 4.71. The van der Waals surface area contributed by atoms with E-state index in [0.717, 1.165) is 0 Å². The fourth-order valence-electron chi connectivity index (χ4n) is 2.60. The lowest BCUT2D eigenvalue weighted by Gasteiger charge is -2.02. The second kappa shape index (κ2) is 7.47. The Bertz CT molecular complexity index is 1120. The van der Waals surface area contributed by atoms with Crippen LogP contribution in [0.4, 0.5) is 0 Å². The monoisotopic (exact) mass is 378 g/mol. The molecule has 1 N–H and O–H groups in total. The van der Waals surface area contributed by atoms with E-state index in [2.05, 4.69) is 25.7 Å². The number of hydrogen-bond donors (Lipinski definition) is 1. The van der Waals surface area contributed by atoms with Gasteiger partial charge in [-0.2, -0.15) is 4.98 Å². The van der Waals surface area contributed by atoms with Gasteiger partial charge in [-0.15, -0.1) is 10.2 Å². The standard InChI is InChI=1S/C19H18N6O3/c1-12(2)17-21-19(28-24-17)14-6-3-9-25-15(22-23-18(14)25)11-20-16(26)8-7-13-5-4-10-27-13/h3-10,12H,11H2,1-2H3,(H,20,26). The van der Waals surface area contributed by atoms with E-state index in [0.29, 0.717) is 34.5 Å². The summed E-state index contributed by atoms with van der Waals surface area (Å²) in [5.41, 5.74) is 1.27. The van der Waals surface area contributed by atoms with Gasteiger partial charge in [-0.3, -0.25) is 9.20 Å². The van der Waals surface area contributed by atoms with Crippen molar-refractivity contribution in [2.45, 2.75) is 26.3 Å². The molecule has 0 aliphatic rings. The summed E-state index contributed by atoms with van der Waals surface area (Å²) in [6, 6.07) is 7.20. The molecule has 0 aromatic carbocycles. The Morgan fingerprint density at radius 1 is 1.29 bits per heavy atom. The molecule has 0 unspecified atom stereocenters. The van der Waals surface area contributed by atoms with Crippen LogP contribution in [0.15, 0.2) is 51.7 Å². The van der Waals surface area contributed by atoms with Crippen LogP contribution in [0, 0.1) is 0 Å². The highest BCUT2D eigenvalue weighted by atomic mass is 16.5. The summed E-state index contributed by atoms with van der Waals surface area (Å²) in [5, 5.41) is 15.2. The minimum absolute atomic E-state index is 0.162. The first-order chi connectivity index (χ1) is 13.6. The van der Waals surface area contributed by atoms with Gasteiger partial charge in [0.15, 0.2) is 17.3 Å². The van der Waals surface area contributed by atoms with E-state index in [4.69, 9.17) is 8.94 Å². The van der Waals surface area contributed by atoms with E-state index in [1.807, 2.05) is 32.2 Å². The predicted molar refractivity (Wildman–Crippen MR) is 100.0 cm³/mol. The number of aromatic nitrogens is 5. The molecule has 0 aliphatic carbocycles. The van der Waals surface area contributed by atoms with Gasteiger partial charge in [-0.25, -0.2) is 0 Å². The van der Waals surface area contributed by atoms with Gasteiger partial charge in [0.05, 0.1) is 18.4 Å². The maximum atomic E-state index is 12.0. The van der Waals surface area contributed by atoms with Gasteiger partial charge in [0.2, 0.25) is 5.91 Å². The molecule has 4 aromatic rings. The molecule has 0 saturated carbocycles. The Labute approximate surface area is 160 Å². The summed E-state index contributed by atoms with van der Waals surface area (Å²) in [4.78, 5) is 16.4. The molecule has 28 heavy (non-hydrogen) atoms. The molecule has 0 aliphatic heterocycles. The second-order valence-electron chi connectivity index (χ2n) is 6.41. The molecule has 9 nitrogen and oxygen atoms in total. The third-order valence-electron chi connectivity index (χ3n) is 4.06. The molecule has 1 amide bonds. The molecular weight excluding hydrogens is 360 g/mol. The molecule has 0 radical (unpaired) electrons. The first-order valence-corrected chi connectivity index (χ1v) is 8.78. The number of fused-ring (bicyclic) bond motifs is 1. The van der Waals surface area contributed by atoms with Crippen molar-refractivity contribution >= 4 is 17.6 Å². The Balaban J connectivity index is 1.52. The Hall–Kier alpha value is -3.75. The third-order valence-corrected chi connectivity index (χ3v) is 4.06. The van der Waals surface area contributed by atoms with Gasteiger partial charge in [-0.05, 0) is 30.3 Å². The van der Waals surface area contributed by atoms with E-state index in [9.17, 15) is 4.79 Å². The number of pyridine rings is 1. The lowest BCUT2D eigenvalue weighted by molar-refractivity contribution is -0.116. The fourth-order valence-corrected chi connectivity index (χ4v) is 2.60. The average Bonchev–Trinajstić information content (AvgIpc) is 3.45. The minimum Gasteiger partial charge on any atom is -0.465 e. The molecular formula is C19H18N6O3. The van der Waals surface area contributed by atoms with E-state index in [-0.39, 0.29) is 18.4 Å². The van der Waals surface area contributed by atoms with E-state index < -0.39 is 0 Å². The van der Waals surface area contributed by atoms with Crippen LogP contribution in [0.1, 0.15) is 37.2 Å². The zero-order chi connectivity index (χ0) is 19.5. The van der Waals surface area contributed by atoms with Crippen molar-refractivity contribution < 1.29 is 13.7 Å². The van der Waals surface area contributed by atoms with Crippen molar-refractivity contribution in [1.82, 2.24) is 30.1 Å². The maximum absolute atomic E-state index is 12.0. The summed E-state index contributed by atoms with van der Waals surface area (Å²) in [6.07, 6.45) is 6.36. The van der Waals surface area contributed by atoms with Gasteiger partial charge in [0.1, 0.15) is 5.76 Å². The van der Waals surface area contributed by atoms with Gasteiger partial charge < -0.3 is 14.3 Å². The molecule has 4 heterocycles. The summed E-state index contributed by atoms with van der Waals surface area (Å²) in [6.45, 7) is 4.20. The molecule has 0 spiro atoms. The van der Waals surface area contributed by atoms with E-state index >= 15 is 0 Å². The molecule has 9 heteroatoms. The molecule has 0 bridgehead atoms. The smallest absolute Gasteiger partial charge is 0.261 e. The van der Waals surface area contributed by atoms with Crippen LogP contribution in [0.2, 0.25) is 0 Å². The van der Waals surface area contributed by atoms with Gasteiger partial charge in [0, 0.05) is 18.2 Å². The lowest BCUT2D eigenvalue weighted by Crippen LogP contribution is -2.21. The average molecular weight is 378 g/mol. The van der Waals surface area contributed by atoms with Crippen LogP contribution >= 0.6 is 0 Å². The van der Waals surface area contributed by atoms with Crippen LogP contribution in [-0.4, -0.2) is 30.6 Å². The number of carbonyl (C=O) groups excluding carboxylic acids is 1. The number of nitrogens with one attached hydrogen (secondary N) is 1. The van der Waals surface area contributed by atoms with Gasteiger partial charge >= 0.3 is 0 Å². The van der Waals surface area contributed by atoms with Gasteiger partial charge in [-0.1, -0.05) is 19.0 Å². The summed E-state index contributed by atoms with van der Waals surface area (Å²) in [7, 11) is 0. The number of furan rings is 1. The molecule has 0 fully saturated rings. The van der Waals surface area contributed by atoms with Crippen molar-refractivity contribution in [3.63, 3.8) is 0 Å². The SMILES string of the molecule is CC(C)c1noc(-c2cccn3c(CNC(=O)C=Cc4ccco4)nnc23)n1. The molecule has 0 atom stereocenters. The quantitative estimate of drug-likeness (QED) is 0.514. The van der Waals surface area contributed by atoms with Crippen molar-refractivity contribution in [2.24, 2.45) is 0 Å². The summed E-state index contributed by atoms with van der Waals surface area (Å²) < 4.78 is 12.3. The minimum atomic E-state index is -0.261. The third kappa shape index (κ3) is 3.54. The largest absolute Gasteiger partial charge is 0.465 e. The molecule has 0 saturated heterocycles. The zero-order valence-corrected chi connectivity index (χ0v) is 15.4. The Morgan fingerprint density at radius 2 is 2.18 bits per heavy atom. The predicted octanol–water partition coefficient (Wildman–Crippen LogP) is 2.83. The van der Waals surface area contributed by atoms with Crippen molar-refractivity contribution in [2.75, 3.05) is 0 Å². The maximum Gasteiger partial charge on any atom is 0.261 e. The van der Waals surface area contributed by atoms with Crippen LogP contribution in [-0.2, 0) is 11.3 Å². The van der Waals surface area contributed by atoms with Crippen LogP contribution in [0.3, 0.4) is 0 Å². The topological polar surface area (TPSA) is 111 Å². The zero-order valence-electron chi connectivity index (χ0n) is 15.4. The van der Waals surface area contributed by atoms with Crippen molar-refractivity contribution in [3.05, 3.63) is 60.2 Å². The van der Waals surface area contributed by atoms with Crippen LogP contribution in [0.5, 0.6) is 0 Å². The second-order valence-corrected chi connectivity index (χ2v) is 6.41. The molecule has 142 valence electrons. The molecule has 4 rings (SSSR count). The highest BCUT2D eigenvalue weighted by molar-refractivity contribution is 5.91. The number of hydrogen-bond acceptors (Lipinski definition) is 7. The molecule has 4 aromatic heterocycles. The van der Waals surface area contributed by atoms with E-state index in [1.54, 1.807) is 28.9 Å². The number of amides is 1. The number of nitrogens with zero attached hydrogens (tertiary/aromatic N) is 5. The number of carbonyl (C=O) groups is 1. The van der Waals surface area contributed by atoms with Crippen molar-refractivity contribution in [3.8, 4) is 11.5 Å². The van der Waals surface area contributed by atoms with Crippen LogP contribution < -0.4 is 5.32 Å².